The molecule has 1 aromatic carbocycles. The van der Waals surface area contributed by atoms with Crippen LogP contribution in [0.4, 0.5) is 0 Å². The van der Waals surface area contributed by atoms with Gasteiger partial charge in [-0.05, 0) is 36.4 Å². The van der Waals surface area contributed by atoms with Crippen LogP contribution in [0.15, 0.2) is 28.2 Å². The highest BCUT2D eigenvalue weighted by atomic mass is 79.9. The first-order valence-corrected chi connectivity index (χ1v) is 8.75. The number of rotatable bonds is 7. The van der Waals surface area contributed by atoms with Gasteiger partial charge in [0.2, 0.25) is 0 Å². The Morgan fingerprint density at radius 3 is 3.10 bits per heavy atom. The highest BCUT2D eigenvalue weighted by Crippen LogP contribution is 2.29. The summed E-state index contributed by atoms with van der Waals surface area (Å²) in [6.45, 7) is 1.15. The number of benzene rings is 1. The zero-order valence-corrected chi connectivity index (χ0v) is 14.0. The molecule has 1 aromatic rings. The average Bonchev–Trinajstić information content (AvgIpc) is 2.49. The average molecular weight is 372 g/mol. The van der Waals surface area contributed by atoms with Gasteiger partial charge in [0.25, 0.3) is 5.91 Å². The molecule has 0 radical (unpaired) electrons. The van der Waals surface area contributed by atoms with Crippen LogP contribution in [0.25, 0.3) is 6.08 Å². The third kappa shape index (κ3) is 5.05. The standard InChI is InChI=1S/C15H18BrNO3S/c16-13-2-3-14-11(9-13)8-12(10-20-14)15(19)17-4-7-21-6-1-5-18/h2-3,8-9,18H,1,4-7,10H2,(H,17,19). The van der Waals surface area contributed by atoms with Crippen molar-refractivity contribution >= 4 is 39.7 Å². The van der Waals surface area contributed by atoms with Gasteiger partial charge in [-0.15, -0.1) is 0 Å². The molecule has 1 aliphatic rings. The van der Waals surface area contributed by atoms with E-state index in [1.165, 1.54) is 0 Å². The maximum absolute atomic E-state index is 12.1. The number of fused-ring (bicyclic) bond motifs is 1. The molecule has 0 saturated carbocycles. The van der Waals surface area contributed by atoms with Gasteiger partial charge in [-0.25, -0.2) is 0 Å². The summed E-state index contributed by atoms with van der Waals surface area (Å²) >= 11 is 5.14. The molecule has 0 unspecified atom stereocenters. The number of ether oxygens (including phenoxy) is 1. The molecule has 0 saturated heterocycles. The van der Waals surface area contributed by atoms with E-state index in [-0.39, 0.29) is 12.5 Å². The van der Waals surface area contributed by atoms with Crippen molar-refractivity contribution in [3.8, 4) is 5.75 Å². The third-order valence-corrected chi connectivity index (χ3v) is 4.52. The molecule has 2 rings (SSSR count). The van der Waals surface area contributed by atoms with Crippen LogP contribution in [0.5, 0.6) is 5.75 Å². The Kier molecular flexibility index (Phi) is 6.60. The number of thioether (sulfide) groups is 1. The van der Waals surface area contributed by atoms with Crippen molar-refractivity contribution in [1.82, 2.24) is 5.32 Å². The quantitative estimate of drug-likeness (QED) is 0.722. The number of carbonyl (C=O) groups is 1. The number of nitrogens with one attached hydrogen (secondary N) is 1. The van der Waals surface area contributed by atoms with Gasteiger partial charge in [0.15, 0.2) is 0 Å². The second-order valence-corrected chi connectivity index (χ2v) is 6.73. The van der Waals surface area contributed by atoms with Crippen molar-refractivity contribution in [2.24, 2.45) is 0 Å². The van der Waals surface area contributed by atoms with E-state index in [9.17, 15) is 4.79 Å². The molecule has 0 atom stereocenters. The Bertz CT molecular complexity index is 534. The van der Waals surface area contributed by atoms with Gasteiger partial charge in [0, 0.05) is 28.9 Å². The van der Waals surface area contributed by atoms with Crippen LogP contribution in [0, 0.1) is 0 Å². The van der Waals surface area contributed by atoms with Gasteiger partial charge in [-0.1, -0.05) is 15.9 Å². The normalized spacial score (nSPS) is 13.1. The first kappa shape index (κ1) is 16.4. The molecule has 21 heavy (non-hydrogen) atoms. The molecule has 1 aliphatic heterocycles. The lowest BCUT2D eigenvalue weighted by atomic mass is 10.1. The smallest absolute Gasteiger partial charge is 0.250 e. The minimum Gasteiger partial charge on any atom is -0.488 e. The molecule has 1 amide bonds. The van der Waals surface area contributed by atoms with Crippen LogP contribution in [0.1, 0.15) is 12.0 Å². The summed E-state index contributed by atoms with van der Waals surface area (Å²) in [5.41, 5.74) is 1.55. The van der Waals surface area contributed by atoms with Crippen molar-refractivity contribution in [2.45, 2.75) is 6.42 Å². The van der Waals surface area contributed by atoms with E-state index in [1.54, 1.807) is 11.8 Å². The number of halogens is 1. The highest BCUT2D eigenvalue weighted by molar-refractivity contribution is 9.10. The Morgan fingerprint density at radius 1 is 1.43 bits per heavy atom. The lowest BCUT2D eigenvalue weighted by Crippen LogP contribution is -2.30. The number of hydrogen-bond acceptors (Lipinski definition) is 4. The van der Waals surface area contributed by atoms with Crippen LogP contribution in [0.3, 0.4) is 0 Å². The van der Waals surface area contributed by atoms with Crippen molar-refractivity contribution in [2.75, 3.05) is 31.3 Å². The predicted molar refractivity (Wildman–Crippen MR) is 89.7 cm³/mol. The largest absolute Gasteiger partial charge is 0.488 e. The predicted octanol–water partition coefficient (Wildman–Crippen LogP) is 2.46. The van der Waals surface area contributed by atoms with E-state index in [1.807, 2.05) is 24.3 Å². The molecular weight excluding hydrogens is 354 g/mol. The zero-order valence-electron chi connectivity index (χ0n) is 11.6. The fraction of sp³-hybridized carbons (Fsp3) is 0.400. The fourth-order valence-electron chi connectivity index (χ4n) is 1.90. The zero-order chi connectivity index (χ0) is 15.1. The Hall–Kier alpha value is -0.980. The first-order chi connectivity index (χ1) is 10.2. The van der Waals surface area contributed by atoms with Crippen LogP contribution in [-0.4, -0.2) is 42.3 Å². The fourth-order valence-corrected chi connectivity index (χ4v) is 3.06. The molecule has 0 aliphatic carbocycles. The van der Waals surface area contributed by atoms with Crippen molar-refractivity contribution in [1.29, 1.82) is 0 Å². The van der Waals surface area contributed by atoms with Crippen LogP contribution < -0.4 is 10.1 Å². The molecule has 114 valence electrons. The van der Waals surface area contributed by atoms with Gasteiger partial charge in [0.1, 0.15) is 12.4 Å². The van der Waals surface area contributed by atoms with E-state index in [4.69, 9.17) is 9.84 Å². The maximum Gasteiger partial charge on any atom is 0.250 e. The number of carbonyl (C=O) groups excluding carboxylic acids is 1. The van der Waals surface area contributed by atoms with Crippen LogP contribution in [0.2, 0.25) is 0 Å². The first-order valence-electron chi connectivity index (χ1n) is 6.80. The Balaban J connectivity index is 1.83. The lowest BCUT2D eigenvalue weighted by Gasteiger charge is -2.17. The number of aliphatic hydroxyl groups is 1. The van der Waals surface area contributed by atoms with E-state index in [0.29, 0.717) is 18.7 Å². The van der Waals surface area contributed by atoms with Gasteiger partial charge in [-0.3, -0.25) is 4.79 Å². The summed E-state index contributed by atoms with van der Waals surface area (Å²) < 4.78 is 6.55. The van der Waals surface area contributed by atoms with Gasteiger partial charge < -0.3 is 15.2 Å². The summed E-state index contributed by atoms with van der Waals surface area (Å²) in [6.07, 6.45) is 2.67. The van der Waals surface area contributed by atoms with Crippen LogP contribution >= 0.6 is 27.7 Å². The van der Waals surface area contributed by atoms with Crippen molar-refractivity contribution < 1.29 is 14.6 Å². The molecule has 2 N–H and O–H groups in total. The molecule has 6 heteroatoms. The van der Waals surface area contributed by atoms with Gasteiger partial charge in [-0.2, -0.15) is 11.8 Å². The van der Waals surface area contributed by atoms with E-state index in [2.05, 4.69) is 21.2 Å². The second kappa shape index (κ2) is 8.46. The van der Waals surface area contributed by atoms with E-state index >= 15 is 0 Å². The minimum atomic E-state index is -0.0802. The molecule has 4 nitrogen and oxygen atoms in total. The molecule has 0 bridgehead atoms. The van der Waals surface area contributed by atoms with E-state index in [0.717, 1.165) is 33.7 Å². The Morgan fingerprint density at radius 2 is 2.29 bits per heavy atom. The van der Waals surface area contributed by atoms with E-state index < -0.39 is 0 Å². The molecular formula is C15H18BrNO3S. The highest BCUT2D eigenvalue weighted by Gasteiger charge is 2.16. The number of amides is 1. The van der Waals surface area contributed by atoms with Crippen LogP contribution in [-0.2, 0) is 4.79 Å². The second-order valence-electron chi connectivity index (χ2n) is 4.59. The maximum atomic E-state index is 12.1. The monoisotopic (exact) mass is 371 g/mol. The van der Waals surface area contributed by atoms with Gasteiger partial charge in [0.05, 0.1) is 5.57 Å². The number of hydrogen-bond donors (Lipinski definition) is 2. The summed E-state index contributed by atoms with van der Waals surface area (Å²) in [4.78, 5) is 12.1. The summed E-state index contributed by atoms with van der Waals surface area (Å²) in [7, 11) is 0. The Labute approximate surface area is 137 Å². The SMILES string of the molecule is O=C(NCCSCCCO)C1=Cc2cc(Br)ccc2OC1. The topological polar surface area (TPSA) is 58.6 Å². The van der Waals surface area contributed by atoms with Crippen molar-refractivity contribution in [3.63, 3.8) is 0 Å². The molecule has 0 spiro atoms. The summed E-state index contributed by atoms with van der Waals surface area (Å²) in [6, 6.07) is 5.75. The molecule has 0 aromatic heterocycles. The number of aliphatic hydroxyl groups excluding tert-OH is 1. The molecule has 1 heterocycles. The lowest BCUT2D eigenvalue weighted by molar-refractivity contribution is -0.117. The third-order valence-electron chi connectivity index (χ3n) is 2.96. The van der Waals surface area contributed by atoms with Gasteiger partial charge >= 0.3 is 0 Å². The molecule has 0 fully saturated rings. The summed E-state index contributed by atoms with van der Waals surface area (Å²) in [5, 5.41) is 11.6. The van der Waals surface area contributed by atoms with Crippen molar-refractivity contribution in [3.05, 3.63) is 33.8 Å². The minimum absolute atomic E-state index is 0.0802. The summed E-state index contributed by atoms with van der Waals surface area (Å²) in [5.74, 6) is 2.49.